The molecule has 0 saturated heterocycles. The number of carbonyl (C=O) groups excluding carboxylic acids is 1. The van der Waals surface area contributed by atoms with Gasteiger partial charge in [0.05, 0.1) is 12.9 Å². The number of nitrogens with two attached hydrogens (primary N) is 1. The van der Waals surface area contributed by atoms with Crippen LogP contribution >= 0.6 is 0 Å². The molecule has 0 bridgehead atoms. The first-order valence-electron chi connectivity index (χ1n) is 6.47. The quantitative estimate of drug-likeness (QED) is 0.749. The van der Waals surface area contributed by atoms with Gasteiger partial charge in [-0.15, -0.1) is 0 Å². The maximum atomic E-state index is 11.9. The third-order valence-corrected chi connectivity index (χ3v) is 2.76. The van der Waals surface area contributed by atoms with Crippen molar-refractivity contribution in [3.63, 3.8) is 0 Å². The van der Waals surface area contributed by atoms with Crippen molar-refractivity contribution in [2.45, 2.75) is 6.04 Å². The second-order valence-corrected chi connectivity index (χ2v) is 4.27. The average Bonchev–Trinajstić information content (AvgIpc) is 3.00. The van der Waals surface area contributed by atoms with Crippen LogP contribution in [0.15, 0.2) is 53.1 Å². The summed E-state index contributed by atoms with van der Waals surface area (Å²) in [4.78, 5) is 11.9. The van der Waals surface area contributed by atoms with Gasteiger partial charge < -0.3 is 20.2 Å². The average molecular weight is 274 g/mol. The molecule has 0 fully saturated rings. The number of furan rings is 1. The van der Waals surface area contributed by atoms with Crippen molar-refractivity contribution in [3.8, 4) is 0 Å². The van der Waals surface area contributed by atoms with E-state index in [1.807, 2.05) is 36.4 Å². The lowest BCUT2D eigenvalue weighted by Gasteiger charge is -2.17. The fourth-order valence-corrected chi connectivity index (χ4v) is 1.87. The van der Waals surface area contributed by atoms with E-state index in [0.29, 0.717) is 18.9 Å². The van der Waals surface area contributed by atoms with E-state index in [4.69, 9.17) is 14.9 Å². The highest BCUT2D eigenvalue weighted by atomic mass is 16.5. The summed E-state index contributed by atoms with van der Waals surface area (Å²) >= 11 is 0. The SMILES string of the molecule is NCCOCC(=O)NC(c1ccccc1)c1ccco1. The Labute approximate surface area is 117 Å². The van der Waals surface area contributed by atoms with Gasteiger partial charge in [-0.05, 0) is 17.7 Å². The van der Waals surface area contributed by atoms with Crippen LogP contribution < -0.4 is 11.1 Å². The molecule has 20 heavy (non-hydrogen) atoms. The van der Waals surface area contributed by atoms with Gasteiger partial charge in [0.25, 0.3) is 0 Å². The van der Waals surface area contributed by atoms with Gasteiger partial charge in [0.2, 0.25) is 5.91 Å². The van der Waals surface area contributed by atoms with Gasteiger partial charge in [-0.2, -0.15) is 0 Å². The van der Waals surface area contributed by atoms with E-state index >= 15 is 0 Å². The van der Waals surface area contributed by atoms with Gasteiger partial charge in [0.15, 0.2) is 0 Å². The van der Waals surface area contributed by atoms with Crippen LogP contribution in [0.4, 0.5) is 0 Å². The maximum absolute atomic E-state index is 11.9. The molecule has 0 radical (unpaired) electrons. The number of nitrogens with one attached hydrogen (secondary N) is 1. The van der Waals surface area contributed by atoms with Crippen molar-refractivity contribution >= 4 is 5.91 Å². The molecule has 1 aromatic carbocycles. The molecule has 0 spiro atoms. The molecular weight excluding hydrogens is 256 g/mol. The van der Waals surface area contributed by atoms with E-state index in [1.165, 1.54) is 0 Å². The molecule has 5 nitrogen and oxygen atoms in total. The van der Waals surface area contributed by atoms with Crippen molar-refractivity contribution in [2.24, 2.45) is 5.73 Å². The molecule has 1 heterocycles. The van der Waals surface area contributed by atoms with Crippen LogP contribution in [-0.4, -0.2) is 25.7 Å². The van der Waals surface area contributed by atoms with Crippen molar-refractivity contribution in [2.75, 3.05) is 19.8 Å². The van der Waals surface area contributed by atoms with Crippen molar-refractivity contribution < 1.29 is 13.9 Å². The van der Waals surface area contributed by atoms with E-state index in [0.717, 1.165) is 5.56 Å². The van der Waals surface area contributed by atoms with Gasteiger partial charge in [-0.1, -0.05) is 30.3 Å². The monoisotopic (exact) mass is 274 g/mol. The Bertz CT molecular complexity index is 511. The van der Waals surface area contributed by atoms with Crippen LogP contribution in [0.1, 0.15) is 17.4 Å². The van der Waals surface area contributed by atoms with Gasteiger partial charge in [-0.25, -0.2) is 0 Å². The molecule has 1 aromatic heterocycles. The Balaban J connectivity index is 2.06. The highest BCUT2D eigenvalue weighted by Gasteiger charge is 2.18. The number of hydrogen-bond acceptors (Lipinski definition) is 4. The van der Waals surface area contributed by atoms with Crippen molar-refractivity contribution in [1.29, 1.82) is 0 Å². The number of amides is 1. The summed E-state index contributed by atoms with van der Waals surface area (Å²) in [5.41, 5.74) is 6.27. The standard InChI is InChI=1S/C15H18N2O3/c16-8-10-19-11-14(18)17-15(13-7-4-9-20-13)12-5-2-1-3-6-12/h1-7,9,15H,8,10-11,16H2,(H,17,18). The number of carbonyl (C=O) groups is 1. The van der Waals surface area contributed by atoms with Crippen LogP contribution in [0.3, 0.4) is 0 Å². The first-order valence-corrected chi connectivity index (χ1v) is 6.47. The Kier molecular flexibility index (Phi) is 5.34. The molecule has 5 heteroatoms. The van der Waals surface area contributed by atoms with Crippen LogP contribution in [0, 0.1) is 0 Å². The van der Waals surface area contributed by atoms with Crippen LogP contribution in [-0.2, 0) is 9.53 Å². The fraction of sp³-hybridized carbons (Fsp3) is 0.267. The zero-order valence-corrected chi connectivity index (χ0v) is 11.1. The third-order valence-electron chi connectivity index (χ3n) is 2.76. The molecule has 1 amide bonds. The third kappa shape index (κ3) is 3.94. The zero-order chi connectivity index (χ0) is 14.2. The fourth-order valence-electron chi connectivity index (χ4n) is 1.87. The van der Waals surface area contributed by atoms with Gasteiger partial charge in [-0.3, -0.25) is 4.79 Å². The number of ether oxygens (including phenoxy) is 1. The summed E-state index contributed by atoms with van der Waals surface area (Å²) in [5, 5.41) is 2.90. The number of hydrogen-bond donors (Lipinski definition) is 2. The lowest BCUT2D eigenvalue weighted by atomic mass is 10.0. The Morgan fingerprint density at radius 1 is 1.25 bits per heavy atom. The van der Waals surface area contributed by atoms with E-state index in [9.17, 15) is 4.79 Å². The Hall–Kier alpha value is -2.11. The topological polar surface area (TPSA) is 77.5 Å². The second kappa shape index (κ2) is 7.47. The summed E-state index contributed by atoms with van der Waals surface area (Å²) in [6, 6.07) is 12.9. The number of rotatable bonds is 7. The van der Waals surface area contributed by atoms with Crippen molar-refractivity contribution in [3.05, 3.63) is 60.1 Å². The van der Waals surface area contributed by atoms with E-state index in [1.54, 1.807) is 12.3 Å². The minimum atomic E-state index is -0.319. The van der Waals surface area contributed by atoms with Crippen LogP contribution in [0.25, 0.3) is 0 Å². The van der Waals surface area contributed by atoms with E-state index in [-0.39, 0.29) is 18.6 Å². The molecule has 0 aliphatic carbocycles. The minimum Gasteiger partial charge on any atom is -0.467 e. The largest absolute Gasteiger partial charge is 0.467 e. The summed E-state index contributed by atoms with van der Waals surface area (Å²) in [6.07, 6.45) is 1.59. The van der Waals surface area contributed by atoms with E-state index in [2.05, 4.69) is 5.32 Å². The molecule has 0 saturated carbocycles. The highest BCUT2D eigenvalue weighted by molar-refractivity contribution is 5.78. The summed E-state index contributed by atoms with van der Waals surface area (Å²) in [7, 11) is 0. The molecule has 0 aliphatic heterocycles. The molecule has 1 unspecified atom stereocenters. The number of benzene rings is 1. The Morgan fingerprint density at radius 2 is 2.05 bits per heavy atom. The molecule has 3 N–H and O–H groups in total. The minimum absolute atomic E-state index is 0.0127. The van der Waals surface area contributed by atoms with Crippen molar-refractivity contribution in [1.82, 2.24) is 5.32 Å². The summed E-state index contributed by atoms with van der Waals surface area (Å²) in [6.45, 7) is 0.749. The summed E-state index contributed by atoms with van der Waals surface area (Å²) in [5.74, 6) is 0.479. The van der Waals surface area contributed by atoms with Gasteiger partial charge >= 0.3 is 0 Å². The molecule has 2 rings (SSSR count). The molecule has 106 valence electrons. The lowest BCUT2D eigenvalue weighted by Crippen LogP contribution is -2.32. The molecule has 0 aliphatic rings. The Morgan fingerprint density at radius 3 is 2.70 bits per heavy atom. The van der Waals surface area contributed by atoms with E-state index < -0.39 is 0 Å². The molecule has 2 aromatic rings. The first kappa shape index (κ1) is 14.3. The van der Waals surface area contributed by atoms with Gasteiger partial charge in [0.1, 0.15) is 18.4 Å². The predicted molar refractivity (Wildman–Crippen MR) is 75.0 cm³/mol. The molecule has 1 atom stereocenters. The lowest BCUT2D eigenvalue weighted by molar-refractivity contribution is -0.126. The summed E-state index contributed by atoms with van der Waals surface area (Å²) < 4.78 is 10.5. The highest BCUT2D eigenvalue weighted by Crippen LogP contribution is 2.22. The predicted octanol–water partition coefficient (Wildman–Crippen LogP) is 1.46. The van der Waals surface area contributed by atoms with Gasteiger partial charge in [0, 0.05) is 6.54 Å². The molecular formula is C15H18N2O3. The van der Waals surface area contributed by atoms with Crippen LogP contribution in [0.2, 0.25) is 0 Å². The smallest absolute Gasteiger partial charge is 0.246 e. The van der Waals surface area contributed by atoms with Crippen LogP contribution in [0.5, 0.6) is 0 Å². The maximum Gasteiger partial charge on any atom is 0.246 e. The first-order chi connectivity index (χ1) is 9.81. The second-order valence-electron chi connectivity index (χ2n) is 4.27. The normalized spacial score (nSPS) is 12.1. The zero-order valence-electron chi connectivity index (χ0n) is 11.1.